The Morgan fingerprint density at radius 2 is 1.83 bits per heavy atom. The van der Waals surface area contributed by atoms with Gasteiger partial charge >= 0.3 is 0 Å². The van der Waals surface area contributed by atoms with E-state index in [1.54, 1.807) is 0 Å². The Morgan fingerprint density at radius 1 is 1.17 bits per heavy atom. The summed E-state index contributed by atoms with van der Waals surface area (Å²) in [5.41, 5.74) is 0.297. The molecule has 0 aliphatic carbocycles. The largest absolute Gasteiger partial charge is 0.326 e. The predicted octanol–water partition coefficient (Wildman–Crippen LogP) is 0.161. The van der Waals surface area contributed by atoms with Crippen LogP contribution in [0.15, 0.2) is 46.2 Å². The molecule has 2 rings (SSSR count). The molecular formula is C10H10N4O3S. The second-order valence-electron chi connectivity index (χ2n) is 3.48. The number of nitrogens with two attached hydrogens (primary N) is 1. The molecule has 1 aromatic carbocycles. The molecule has 0 saturated heterocycles. The molecule has 0 amide bonds. The summed E-state index contributed by atoms with van der Waals surface area (Å²) in [6.07, 6.45) is 1.36. The summed E-state index contributed by atoms with van der Waals surface area (Å²) in [6.45, 7) is 0. The number of benzene rings is 1. The first-order valence-electron chi connectivity index (χ1n) is 4.90. The lowest BCUT2D eigenvalue weighted by atomic mass is 10.3. The van der Waals surface area contributed by atoms with Crippen molar-refractivity contribution in [3.05, 3.63) is 46.9 Å². The highest BCUT2D eigenvalue weighted by molar-refractivity contribution is 7.89. The highest BCUT2D eigenvalue weighted by atomic mass is 32.2. The van der Waals surface area contributed by atoms with E-state index in [1.807, 2.05) is 0 Å². The third-order valence-electron chi connectivity index (χ3n) is 2.12. The summed E-state index contributed by atoms with van der Waals surface area (Å²) in [5, 5.41) is 7.79. The third kappa shape index (κ3) is 2.93. The van der Waals surface area contributed by atoms with Gasteiger partial charge < -0.3 is 5.32 Å². The van der Waals surface area contributed by atoms with E-state index in [0.29, 0.717) is 5.69 Å². The quantitative estimate of drug-likeness (QED) is 0.731. The lowest BCUT2D eigenvalue weighted by Crippen LogP contribution is -2.12. The maximum atomic E-state index is 11.0. The van der Waals surface area contributed by atoms with Gasteiger partial charge in [-0.1, -0.05) is 0 Å². The number of hydrogen-bond acceptors (Lipinski definition) is 5. The second-order valence-corrected chi connectivity index (χ2v) is 5.04. The molecular weight excluding hydrogens is 256 g/mol. The van der Waals surface area contributed by atoms with Crippen LogP contribution in [0.2, 0.25) is 0 Å². The number of rotatable bonds is 3. The minimum atomic E-state index is -3.70. The summed E-state index contributed by atoms with van der Waals surface area (Å²) in [7, 11) is -3.70. The van der Waals surface area contributed by atoms with Gasteiger partial charge in [0.2, 0.25) is 16.0 Å². The van der Waals surface area contributed by atoms with Gasteiger partial charge in [-0.25, -0.2) is 18.5 Å². The number of nitrogens with zero attached hydrogens (tertiary/aromatic N) is 1. The SMILES string of the molecule is NS(=O)(=O)c1ccc(Nc2nccc(=O)[nH]2)cc1. The number of anilines is 2. The van der Waals surface area contributed by atoms with E-state index in [2.05, 4.69) is 15.3 Å². The van der Waals surface area contributed by atoms with Gasteiger partial charge in [0.05, 0.1) is 4.90 Å². The fraction of sp³-hybridized carbons (Fsp3) is 0. The summed E-state index contributed by atoms with van der Waals surface area (Å²) in [5.74, 6) is 0.269. The Labute approximate surface area is 103 Å². The Hall–Kier alpha value is -2.19. The zero-order chi connectivity index (χ0) is 13.2. The maximum Gasteiger partial charge on any atom is 0.252 e. The van der Waals surface area contributed by atoms with Crippen LogP contribution in [0.25, 0.3) is 0 Å². The summed E-state index contributed by atoms with van der Waals surface area (Å²) < 4.78 is 22.1. The second kappa shape index (κ2) is 4.59. The molecule has 0 aliphatic heterocycles. The first kappa shape index (κ1) is 12.3. The minimum Gasteiger partial charge on any atom is -0.326 e. The molecule has 8 heteroatoms. The number of hydrogen-bond donors (Lipinski definition) is 3. The van der Waals surface area contributed by atoms with Crippen LogP contribution in [0.5, 0.6) is 0 Å². The van der Waals surface area contributed by atoms with Crippen LogP contribution in [0, 0.1) is 0 Å². The zero-order valence-electron chi connectivity index (χ0n) is 9.12. The van der Waals surface area contributed by atoms with Crippen molar-refractivity contribution in [3.8, 4) is 0 Å². The first-order chi connectivity index (χ1) is 8.45. The molecule has 0 unspecified atom stereocenters. The average molecular weight is 266 g/mol. The number of H-pyrrole nitrogens is 1. The molecule has 1 heterocycles. The molecule has 7 nitrogen and oxygen atoms in total. The Bertz CT molecular complexity index is 706. The number of nitrogens with one attached hydrogen (secondary N) is 2. The van der Waals surface area contributed by atoms with Gasteiger partial charge in [-0.15, -0.1) is 0 Å². The lowest BCUT2D eigenvalue weighted by Gasteiger charge is -2.05. The van der Waals surface area contributed by atoms with Gasteiger partial charge in [0.15, 0.2) is 0 Å². The Kier molecular flexibility index (Phi) is 3.13. The van der Waals surface area contributed by atoms with Crippen molar-refractivity contribution in [3.63, 3.8) is 0 Å². The smallest absolute Gasteiger partial charge is 0.252 e. The molecule has 4 N–H and O–H groups in total. The number of aromatic nitrogens is 2. The zero-order valence-corrected chi connectivity index (χ0v) is 9.94. The van der Waals surface area contributed by atoms with Crippen LogP contribution in [0.1, 0.15) is 0 Å². The number of sulfonamides is 1. The third-order valence-corrected chi connectivity index (χ3v) is 3.05. The van der Waals surface area contributed by atoms with E-state index in [-0.39, 0.29) is 16.4 Å². The van der Waals surface area contributed by atoms with Crippen LogP contribution in [-0.4, -0.2) is 18.4 Å². The molecule has 94 valence electrons. The Morgan fingerprint density at radius 3 is 2.39 bits per heavy atom. The van der Waals surface area contributed by atoms with E-state index in [1.165, 1.54) is 36.5 Å². The van der Waals surface area contributed by atoms with Crippen molar-refractivity contribution >= 4 is 21.7 Å². The van der Waals surface area contributed by atoms with Gasteiger partial charge in [-0.05, 0) is 24.3 Å². The fourth-order valence-corrected chi connectivity index (χ4v) is 1.81. The first-order valence-corrected chi connectivity index (χ1v) is 6.45. The van der Waals surface area contributed by atoms with Gasteiger partial charge in [-0.3, -0.25) is 9.78 Å². The predicted molar refractivity (Wildman–Crippen MR) is 66.0 cm³/mol. The average Bonchev–Trinajstić information content (AvgIpc) is 2.28. The Balaban J connectivity index is 2.24. The molecule has 0 bridgehead atoms. The van der Waals surface area contributed by atoms with Crippen molar-refractivity contribution < 1.29 is 8.42 Å². The summed E-state index contributed by atoms with van der Waals surface area (Å²) in [4.78, 5) is 17.4. The molecule has 18 heavy (non-hydrogen) atoms. The van der Waals surface area contributed by atoms with E-state index in [9.17, 15) is 13.2 Å². The molecule has 0 radical (unpaired) electrons. The van der Waals surface area contributed by atoms with E-state index >= 15 is 0 Å². The van der Waals surface area contributed by atoms with E-state index in [0.717, 1.165) is 0 Å². The lowest BCUT2D eigenvalue weighted by molar-refractivity contribution is 0.598. The molecule has 1 aromatic heterocycles. The minimum absolute atomic E-state index is 0.0163. The fourth-order valence-electron chi connectivity index (χ4n) is 1.30. The summed E-state index contributed by atoms with van der Waals surface area (Å²) >= 11 is 0. The van der Waals surface area contributed by atoms with Crippen LogP contribution in [0.3, 0.4) is 0 Å². The van der Waals surface area contributed by atoms with Crippen LogP contribution < -0.4 is 16.0 Å². The van der Waals surface area contributed by atoms with Crippen LogP contribution in [0.4, 0.5) is 11.6 Å². The molecule has 2 aromatic rings. The van der Waals surface area contributed by atoms with Crippen molar-refractivity contribution in [1.29, 1.82) is 0 Å². The number of primary sulfonamides is 1. The summed E-state index contributed by atoms with van der Waals surface area (Å²) in [6, 6.07) is 7.05. The van der Waals surface area contributed by atoms with E-state index < -0.39 is 10.0 Å². The molecule has 0 aliphatic rings. The molecule has 0 spiro atoms. The molecule has 0 fully saturated rings. The van der Waals surface area contributed by atoms with Crippen molar-refractivity contribution in [1.82, 2.24) is 9.97 Å². The van der Waals surface area contributed by atoms with Gasteiger partial charge in [0.25, 0.3) is 5.56 Å². The maximum absolute atomic E-state index is 11.0. The van der Waals surface area contributed by atoms with Gasteiger partial charge in [0, 0.05) is 18.0 Å². The standard InChI is InChI=1S/C10H10N4O3S/c11-18(16,17)8-3-1-7(2-4-8)13-10-12-6-5-9(15)14-10/h1-6H,(H2,11,16,17)(H2,12,13,14,15). The van der Waals surface area contributed by atoms with E-state index in [4.69, 9.17) is 5.14 Å². The molecule has 0 saturated carbocycles. The van der Waals surface area contributed by atoms with Crippen LogP contribution >= 0.6 is 0 Å². The normalized spacial score (nSPS) is 11.2. The van der Waals surface area contributed by atoms with Gasteiger partial charge in [0.1, 0.15) is 0 Å². The van der Waals surface area contributed by atoms with Crippen molar-refractivity contribution in [2.75, 3.05) is 5.32 Å². The highest BCUT2D eigenvalue weighted by Gasteiger charge is 2.06. The molecule has 0 atom stereocenters. The van der Waals surface area contributed by atoms with Crippen molar-refractivity contribution in [2.45, 2.75) is 4.90 Å². The van der Waals surface area contributed by atoms with Crippen molar-refractivity contribution in [2.24, 2.45) is 5.14 Å². The highest BCUT2D eigenvalue weighted by Crippen LogP contribution is 2.14. The van der Waals surface area contributed by atoms with Crippen LogP contribution in [-0.2, 0) is 10.0 Å². The van der Waals surface area contributed by atoms with Gasteiger partial charge in [-0.2, -0.15) is 0 Å². The monoisotopic (exact) mass is 266 g/mol. The topological polar surface area (TPSA) is 118 Å². The number of aromatic amines is 1.